The molecule has 0 heterocycles. The monoisotopic (exact) mass is 1570 g/mol. The minimum Gasteiger partial charge on any atom is -0.103 e. The summed E-state index contributed by atoms with van der Waals surface area (Å²) in [6.45, 7) is 116. The minimum atomic E-state index is 1.15. The predicted octanol–water partition coefficient (Wildman–Crippen LogP) is 46.1. The first-order chi connectivity index (χ1) is 52.6. The number of rotatable bonds is 24. The Labute approximate surface area is 718 Å². The number of allylic oxidation sites excluding steroid dienone is 22. The molecule has 684 valence electrons. The highest BCUT2D eigenvalue weighted by atomic mass is 13.8. The van der Waals surface area contributed by atoms with Crippen molar-refractivity contribution in [2.24, 2.45) is 0 Å². The van der Waals surface area contributed by atoms with Crippen molar-refractivity contribution in [2.75, 3.05) is 0 Å². The van der Waals surface area contributed by atoms with Crippen LogP contribution >= 0.6 is 0 Å². The van der Waals surface area contributed by atoms with Gasteiger partial charge in [-0.05, 0) is 160 Å². The van der Waals surface area contributed by atoms with E-state index < -0.39 is 0 Å². The topological polar surface area (TPSA) is 0 Å². The molecule has 0 aromatic carbocycles. The molecule has 0 atom stereocenters. The van der Waals surface area contributed by atoms with Crippen LogP contribution < -0.4 is 0 Å². The second kappa shape index (κ2) is 336. The van der Waals surface area contributed by atoms with Crippen LogP contribution in [0, 0.1) is 0 Å². The van der Waals surface area contributed by atoms with Crippen LogP contribution in [0.4, 0.5) is 0 Å². The zero-order chi connectivity index (χ0) is 92.8. The molecule has 0 saturated carbocycles. The molecule has 0 nitrogen and oxygen atoms in total. The summed E-state index contributed by atoms with van der Waals surface area (Å²) >= 11 is 0. The van der Waals surface area contributed by atoms with E-state index in [1.54, 1.807) is 0 Å². The third kappa shape index (κ3) is 1120. The lowest BCUT2D eigenvalue weighted by Crippen LogP contribution is -1.63. The molecule has 0 aliphatic rings. The van der Waals surface area contributed by atoms with Gasteiger partial charge in [0.25, 0.3) is 0 Å². The van der Waals surface area contributed by atoms with Crippen LogP contribution in [-0.4, -0.2) is 0 Å². The Bertz CT molecular complexity index is 1130. The van der Waals surface area contributed by atoms with Crippen molar-refractivity contribution >= 4 is 0 Å². The third-order valence-corrected chi connectivity index (χ3v) is 8.31. The van der Waals surface area contributed by atoms with Crippen molar-refractivity contribution in [2.45, 2.75) is 563 Å². The Morgan fingerprint density at radius 1 is 0.173 bits per heavy atom. The van der Waals surface area contributed by atoms with E-state index in [-0.39, 0.29) is 0 Å². The lowest BCUT2D eigenvalue weighted by molar-refractivity contribution is 0.814. The van der Waals surface area contributed by atoms with Crippen LogP contribution in [-0.2, 0) is 0 Å². The second-order valence-electron chi connectivity index (χ2n) is 25.6. The van der Waals surface area contributed by atoms with Gasteiger partial charge in [0.05, 0.1) is 0 Å². The Hall–Kier alpha value is -3.38. The maximum Gasteiger partial charge on any atom is -0.0351 e. The molecule has 0 aliphatic carbocycles. The fourth-order valence-corrected chi connectivity index (χ4v) is 4.04. The summed E-state index contributed by atoms with van der Waals surface area (Å²) < 4.78 is 0. The summed E-state index contributed by atoms with van der Waals surface area (Å²) in [5, 5.41) is 0. The minimum absolute atomic E-state index is 1.15. The van der Waals surface area contributed by atoms with Crippen LogP contribution in [0.1, 0.15) is 563 Å². The Morgan fingerprint density at radius 2 is 0.318 bits per heavy atom. The lowest BCUT2D eigenvalue weighted by Gasteiger charge is -1.83. The zero-order valence-corrected chi connectivity index (χ0v) is 88.8. The molecule has 0 radical (unpaired) electrons. The average molecular weight is 1570 g/mol. The average Bonchev–Trinajstić information content (AvgIpc) is 3.81. The molecule has 0 amide bonds. The van der Waals surface area contributed by atoms with Crippen molar-refractivity contribution in [3.8, 4) is 0 Å². The molecule has 0 bridgehead atoms. The van der Waals surface area contributed by atoms with E-state index in [9.17, 15) is 0 Å². The SMILES string of the molecule is C/C=C\C.C=CCCC.C=CCCC.C=CCCCC.C=CCCCC.CC=CCC.CC=CCC.CC=CCCC.CC=CCCC.CC=CCCCC.CC=CCCCC.CCC.CCC.CCC.CCC.CCC.CCC.CCC.CCC.CCC.CCC.CCC.CCC.CCC=C(C)C.CCC=C(C)C. The van der Waals surface area contributed by atoms with Crippen LogP contribution in [0.2, 0.25) is 0 Å². The van der Waals surface area contributed by atoms with Gasteiger partial charge < -0.3 is 0 Å². The first kappa shape index (κ1) is 179. The standard InChI is InChI=1S/2C7H14.6C6H12.4C5H10.C4H8.12C3H8/c2*1-3-5-7-6-4-2;2*1-4-5-6(2)3;4*1-3-5-6-4-2;4*1-3-5-4-2;1-3-4-2;12*1-3-2/h2*3,5H,4,6-7H2,1-2H3;2*5H,4H2,1-3H3;2*3,5H,4,6H2,1-2H3;2*3H,1,4-6H2,2H3;2*3,5H,4H2,1-2H3;2*3H,1,4-5H2,2H3;3-4H,1-2H3;12*3H2,1-2H3/b;;;;;;;;;;;;4-3-;;;;;;;;;;;;. The smallest absolute Gasteiger partial charge is 0.0351 e. The van der Waals surface area contributed by atoms with Gasteiger partial charge >= 0.3 is 0 Å². The van der Waals surface area contributed by atoms with Crippen LogP contribution in [0.5, 0.6) is 0 Å². The predicted molar refractivity (Wildman–Crippen MR) is 559 cm³/mol. The molecule has 0 N–H and O–H groups in total. The van der Waals surface area contributed by atoms with Gasteiger partial charge in [-0.25, -0.2) is 0 Å². The summed E-state index contributed by atoms with van der Waals surface area (Å²) in [7, 11) is 0. The quantitative estimate of drug-likeness (QED) is 0.0667. The normalized spacial score (nSPS) is 8.11. The highest BCUT2D eigenvalue weighted by Gasteiger charge is 1.75. The van der Waals surface area contributed by atoms with Crippen molar-refractivity contribution in [1.82, 2.24) is 0 Å². The van der Waals surface area contributed by atoms with Gasteiger partial charge in [0, 0.05) is 0 Å². The van der Waals surface area contributed by atoms with Gasteiger partial charge in [0.1, 0.15) is 0 Å². The van der Waals surface area contributed by atoms with Crippen molar-refractivity contribution < 1.29 is 0 Å². The van der Waals surface area contributed by atoms with E-state index >= 15 is 0 Å². The van der Waals surface area contributed by atoms with E-state index in [2.05, 4.69) is 416 Å². The molecule has 0 saturated heterocycles. The molecular formula is C110H244. The summed E-state index contributed by atoms with van der Waals surface area (Å²) in [6, 6.07) is 0. The van der Waals surface area contributed by atoms with Gasteiger partial charge in [0.15, 0.2) is 0 Å². The molecule has 0 aromatic rings. The lowest BCUT2D eigenvalue weighted by atomic mass is 10.2. The fraction of sp³-hybridized carbons (Fsp3) is 0.764. The highest BCUT2D eigenvalue weighted by Crippen LogP contribution is 1.96. The molecule has 110 heavy (non-hydrogen) atoms. The summed E-state index contributed by atoms with van der Waals surface area (Å²) in [5.74, 6) is 0. The Morgan fingerprint density at radius 3 is 0.364 bits per heavy atom. The molecule has 0 aromatic heterocycles. The zero-order valence-electron chi connectivity index (χ0n) is 88.8. The molecular weight excluding hydrogens is 1320 g/mol. The van der Waals surface area contributed by atoms with Gasteiger partial charge in [0.2, 0.25) is 0 Å². The number of hydrogen-bond acceptors (Lipinski definition) is 0. The highest BCUT2D eigenvalue weighted by molar-refractivity contribution is 4.92. The molecule has 0 rings (SSSR count). The van der Waals surface area contributed by atoms with Crippen LogP contribution in [0.15, 0.2) is 159 Å². The summed E-state index contributed by atoms with van der Waals surface area (Å²) in [4.78, 5) is 0. The van der Waals surface area contributed by atoms with Crippen molar-refractivity contribution in [1.29, 1.82) is 0 Å². The Balaban J connectivity index is -0.0000000299. The molecule has 0 spiro atoms. The summed E-state index contributed by atoms with van der Waals surface area (Å²) in [5.41, 5.74) is 2.83. The largest absolute Gasteiger partial charge is 0.103 e. The van der Waals surface area contributed by atoms with E-state index in [1.807, 2.05) is 64.2 Å². The second-order valence-corrected chi connectivity index (χ2v) is 25.6. The van der Waals surface area contributed by atoms with Gasteiger partial charge in [-0.3, -0.25) is 0 Å². The van der Waals surface area contributed by atoms with Gasteiger partial charge in [-0.15, -0.1) is 26.3 Å². The van der Waals surface area contributed by atoms with Crippen molar-refractivity contribution in [3.05, 3.63) is 159 Å². The van der Waals surface area contributed by atoms with Crippen molar-refractivity contribution in [3.63, 3.8) is 0 Å². The van der Waals surface area contributed by atoms with E-state index in [4.69, 9.17) is 0 Å². The fourth-order valence-electron chi connectivity index (χ4n) is 4.04. The maximum atomic E-state index is 3.60. The molecule has 0 aliphatic heterocycles. The number of unbranched alkanes of at least 4 members (excludes halogenated alkanes) is 12. The van der Waals surface area contributed by atoms with Crippen LogP contribution in [0.3, 0.4) is 0 Å². The Kier molecular flexibility index (Phi) is 546. The number of hydrogen-bond donors (Lipinski definition) is 0. The molecule has 0 unspecified atom stereocenters. The van der Waals surface area contributed by atoms with Gasteiger partial charge in [-0.2, -0.15) is 0 Å². The molecule has 0 heteroatoms. The van der Waals surface area contributed by atoms with E-state index in [0.717, 1.165) is 25.7 Å². The maximum absolute atomic E-state index is 3.60. The summed E-state index contributed by atoms with van der Waals surface area (Å²) in [6.07, 6.45) is 86.5. The first-order valence-corrected chi connectivity index (χ1v) is 47.5. The van der Waals surface area contributed by atoms with E-state index in [1.165, 1.54) is 217 Å². The van der Waals surface area contributed by atoms with Gasteiger partial charge in [-0.1, -0.05) is 536 Å². The third-order valence-electron chi connectivity index (χ3n) is 8.31. The van der Waals surface area contributed by atoms with Crippen LogP contribution in [0.25, 0.3) is 0 Å². The first-order valence-electron chi connectivity index (χ1n) is 47.5. The molecule has 0 fully saturated rings. The van der Waals surface area contributed by atoms with E-state index in [0.29, 0.717) is 0 Å².